The molecule has 1 aliphatic carbocycles. The molecule has 0 bridgehead atoms. The summed E-state index contributed by atoms with van der Waals surface area (Å²) in [5.41, 5.74) is 3.09. The Balaban J connectivity index is 2.25. The van der Waals surface area contributed by atoms with Crippen molar-refractivity contribution < 1.29 is 4.79 Å². The van der Waals surface area contributed by atoms with Crippen molar-refractivity contribution in [2.24, 2.45) is 0 Å². The predicted molar refractivity (Wildman–Crippen MR) is 64.6 cm³/mol. The largest absolute Gasteiger partial charge is 0.358 e. The molecule has 16 heavy (non-hydrogen) atoms. The topological polar surface area (TPSA) is 60.0 Å². The van der Waals surface area contributed by atoms with Gasteiger partial charge < -0.3 is 4.98 Å². The van der Waals surface area contributed by atoms with Crippen LogP contribution in [0.2, 0.25) is 0 Å². The molecule has 84 valence electrons. The van der Waals surface area contributed by atoms with Crippen LogP contribution in [0.25, 0.3) is 0 Å². The molecule has 1 aromatic heterocycles. The molecule has 2 heterocycles. The van der Waals surface area contributed by atoms with E-state index in [1.807, 2.05) is 13.2 Å². The molecule has 2 unspecified atom stereocenters. The number of alkyl halides is 1. The molecule has 0 fully saturated rings. The number of aromatic nitrogens is 1. The van der Waals surface area contributed by atoms with Crippen molar-refractivity contribution in [3.05, 3.63) is 23.0 Å². The molecule has 4 nitrogen and oxygen atoms in total. The third-order valence-electron chi connectivity index (χ3n) is 3.54. The molecule has 0 amide bonds. The Morgan fingerprint density at radius 1 is 1.62 bits per heavy atom. The number of nitrogens with one attached hydrogen (secondary N) is 2. The minimum atomic E-state index is -0.188. The summed E-state index contributed by atoms with van der Waals surface area (Å²) in [5.74, 6) is -0.172. The van der Waals surface area contributed by atoms with E-state index in [0.29, 0.717) is 5.69 Å². The summed E-state index contributed by atoms with van der Waals surface area (Å²) < 4.78 is 0. The third-order valence-corrected chi connectivity index (χ3v) is 4.49. The predicted octanol–water partition coefficient (Wildman–Crippen LogP) is 1.52. The summed E-state index contributed by atoms with van der Waals surface area (Å²) in [5, 5.41) is 7.85. The van der Waals surface area contributed by atoms with Gasteiger partial charge in [0.05, 0.1) is 22.3 Å². The zero-order chi connectivity index (χ0) is 11.4. The van der Waals surface area contributed by atoms with Gasteiger partial charge in [-0.05, 0) is 19.0 Å². The number of likely N-dealkylation sites (N-methyl/N-ethyl adjacent to an activating group) is 1. The summed E-state index contributed by atoms with van der Waals surface area (Å²) >= 11 is 3.48. The molecule has 0 saturated heterocycles. The molecule has 1 aliphatic heterocycles. The average molecular weight is 282 g/mol. The zero-order valence-corrected chi connectivity index (χ0v) is 10.5. The lowest BCUT2D eigenvalue weighted by molar-refractivity contribution is 0.104. The number of Topliss-reactive ketones (excluding diaryl/α,β-unsaturated/α-hetero) is 1. The molecule has 5 heteroatoms. The second kappa shape index (κ2) is 3.28. The Morgan fingerprint density at radius 2 is 2.38 bits per heavy atom. The molecule has 2 N–H and O–H groups in total. The van der Waals surface area contributed by atoms with Crippen molar-refractivity contribution in [1.82, 2.24) is 9.88 Å². The van der Waals surface area contributed by atoms with Gasteiger partial charge >= 0.3 is 0 Å². The Kier molecular flexibility index (Phi) is 2.09. The quantitative estimate of drug-likeness (QED) is 0.709. The number of nitrogens with zero attached hydrogens (tertiary/aromatic N) is 1. The number of carbonyl (C=O) groups is 1. The van der Waals surface area contributed by atoms with Crippen molar-refractivity contribution in [1.29, 1.82) is 5.41 Å². The van der Waals surface area contributed by atoms with Crippen molar-refractivity contribution in [3.8, 4) is 0 Å². The molecule has 0 aromatic carbocycles. The molecule has 3 rings (SSSR count). The minimum Gasteiger partial charge on any atom is -0.358 e. The fourth-order valence-corrected chi connectivity index (χ4v) is 3.53. The van der Waals surface area contributed by atoms with Gasteiger partial charge in [-0.2, -0.15) is 0 Å². The number of aromatic amines is 1. The molecular weight excluding hydrogens is 270 g/mol. The first-order valence-electron chi connectivity index (χ1n) is 5.29. The second-order valence-electron chi connectivity index (χ2n) is 4.42. The summed E-state index contributed by atoms with van der Waals surface area (Å²) in [6, 6.07) is 0.121. The zero-order valence-electron chi connectivity index (χ0n) is 8.88. The Bertz CT molecular complexity index is 493. The maximum Gasteiger partial charge on any atom is 0.224 e. The number of halogens is 1. The van der Waals surface area contributed by atoms with Gasteiger partial charge in [0.2, 0.25) is 5.78 Å². The first-order valence-corrected chi connectivity index (χ1v) is 6.20. The number of hydrogen-bond donors (Lipinski definition) is 2. The van der Waals surface area contributed by atoms with Crippen molar-refractivity contribution in [2.45, 2.75) is 17.3 Å². The lowest BCUT2D eigenvalue weighted by Gasteiger charge is -2.38. The third kappa shape index (κ3) is 1.13. The highest BCUT2D eigenvalue weighted by Crippen LogP contribution is 2.40. The Labute approximate surface area is 102 Å². The van der Waals surface area contributed by atoms with Crippen molar-refractivity contribution in [2.75, 3.05) is 13.6 Å². The van der Waals surface area contributed by atoms with Crippen LogP contribution in [-0.2, 0) is 6.42 Å². The standard InChI is InChI=1S/C11H12BrN3O/c1-15-3-2-5-4-14-9-6(5)10(15)7(12)8(13)11(9)16/h4,7,10,13-14H,2-3H2,1H3. The number of hydrogen-bond acceptors (Lipinski definition) is 3. The molecule has 2 atom stereocenters. The van der Waals surface area contributed by atoms with Crippen LogP contribution < -0.4 is 0 Å². The van der Waals surface area contributed by atoms with Crippen LogP contribution in [0.5, 0.6) is 0 Å². The van der Waals surface area contributed by atoms with E-state index < -0.39 is 0 Å². The van der Waals surface area contributed by atoms with E-state index in [1.54, 1.807) is 0 Å². The Hall–Kier alpha value is -0.940. The first kappa shape index (κ1) is 10.2. The second-order valence-corrected chi connectivity index (χ2v) is 5.41. The summed E-state index contributed by atoms with van der Waals surface area (Å²) in [4.78, 5) is 17.0. The average Bonchev–Trinajstić information content (AvgIpc) is 2.68. The van der Waals surface area contributed by atoms with Crippen molar-refractivity contribution in [3.63, 3.8) is 0 Å². The van der Waals surface area contributed by atoms with Crippen LogP contribution >= 0.6 is 15.9 Å². The van der Waals surface area contributed by atoms with E-state index in [2.05, 4.69) is 25.8 Å². The van der Waals surface area contributed by atoms with Crippen LogP contribution in [0.4, 0.5) is 0 Å². The molecule has 0 radical (unpaired) electrons. The first-order chi connectivity index (χ1) is 7.61. The highest BCUT2D eigenvalue weighted by Gasteiger charge is 2.43. The number of ketones is 1. The lowest BCUT2D eigenvalue weighted by atomic mass is 9.84. The van der Waals surface area contributed by atoms with Crippen LogP contribution in [-0.4, -0.2) is 39.8 Å². The highest BCUT2D eigenvalue weighted by molar-refractivity contribution is 9.10. The number of H-pyrrole nitrogens is 1. The number of rotatable bonds is 0. The van der Waals surface area contributed by atoms with Gasteiger partial charge in [0.25, 0.3) is 0 Å². The van der Waals surface area contributed by atoms with Gasteiger partial charge in [-0.1, -0.05) is 15.9 Å². The van der Waals surface area contributed by atoms with Gasteiger partial charge in [0, 0.05) is 18.3 Å². The normalized spacial score (nSPS) is 29.4. The highest BCUT2D eigenvalue weighted by atomic mass is 79.9. The maximum atomic E-state index is 11.9. The van der Waals surface area contributed by atoms with E-state index in [0.717, 1.165) is 18.5 Å². The monoisotopic (exact) mass is 281 g/mol. The fourth-order valence-electron chi connectivity index (χ4n) is 2.65. The van der Waals surface area contributed by atoms with Gasteiger partial charge in [-0.15, -0.1) is 0 Å². The molecule has 2 aliphatic rings. The van der Waals surface area contributed by atoms with E-state index in [4.69, 9.17) is 5.41 Å². The fraction of sp³-hybridized carbons (Fsp3) is 0.455. The van der Waals surface area contributed by atoms with Gasteiger partial charge in [0.15, 0.2) is 0 Å². The Morgan fingerprint density at radius 3 is 3.12 bits per heavy atom. The molecule has 0 saturated carbocycles. The summed E-state index contributed by atoms with van der Waals surface area (Å²) in [6.45, 7) is 0.971. The van der Waals surface area contributed by atoms with E-state index >= 15 is 0 Å². The lowest BCUT2D eigenvalue weighted by Crippen LogP contribution is -2.45. The smallest absolute Gasteiger partial charge is 0.224 e. The van der Waals surface area contributed by atoms with Gasteiger partial charge in [0.1, 0.15) is 0 Å². The van der Waals surface area contributed by atoms with Gasteiger partial charge in [-0.25, -0.2) is 0 Å². The maximum absolute atomic E-state index is 11.9. The summed E-state index contributed by atoms with van der Waals surface area (Å²) in [7, 11) is 2.04. The summed E-state index contributed by atoms with van der Waals surface area (Å²) in [6.07, 6.45) is 2.89. The van der Waals surface area contributed by atoms with Crippen LogP contribution in [0, 0.1) is 5.41 Å². The SMILES string of the molecule is CN1CCc2c[nH]c3c2C1C(Br)C(=N)C3=O. The van der Waals surface area contributed by atoms with Gasteiger partial charge in [-0.3, -0.25) is 15.1 Å². The number of carbonyl (C=O) groups excluding carboxylic acids is 1. The van der Waals surface area contributed by atoms with Crippen LogP contribution in [0.15, 0.2) is 6.20 Å². The minimum absolute atomic E-state index is 0.121. The van der Waals surface area contributed by atoms with E-state index in [1.165, 1.54) is 5.56 Å². The van der Waals surface area contributed by atoms with Crippen LogP contribution in [0.3, 0.4) is 0 Å². The van der Waals surface area contributed by atoms with E-state index in [9.17, 15) is 4.79 Å². The molecular formula is C11H12BrN3O. The van der Waals surface area contributed by atoms with Crippen LogP contribution in [0.1, 0.15) is 27.7 Å². The molecule has 1 aromatic rings. The van der Waals surface area contributed by atoms with Crippen molar-refractivity contribution >= 4 is 27.4 Å². The van der Waals surface area contributed by atoms with E-state index in [-0.39, 0.29) is 22.4 Å². The molecule has 0 spiro atoms.